The maximum absolute atomic E-state index is 14.2. The van der Waals surface area contributed by atoms with Gasteiger partial charge in [0, 0.05) is 12.0 Å². The SMILES string of the molecule is CC(C)=CCc1c(OC(F)C(F)CCF)cc(C=Cc2ccc(F)cc2)c(C(=O)O)c1O. The molecule has 0 aromatic heterocycles. The van der Waals surface area contributed by atoms with E-state index in [9.17, 15) is 32.6 Å². The predicted octanol–water partition coefficient (Wildman–Crippen LogP) is 6.28. The highest BCUT2D eigenvalue weighted by Gasteiger charge is 2.27. The van der Waals surface area contributed by atoms with Gasteiger partial charge in [-0.05, 0) is 49.6 Å². The van der Waals surface area contributed by atoms with Crippen molar-refractivity contribution in [1.82, 2.24) is 0 Å². The van der Waals surface area contributed by atoms with Crippen LogP contribution in [0.3, 0.4) is 0 Å². The van der Waals surface area contributed by atoms with Gasteiger partial charge in [-0.15, -0.1) is 0 Å². The van der Waals surface area contributed by atoms with E-state index >= 15 is 0 Å². The number of alkyl halides is 3. The van der Waals surface area contributed by atoms with Crippen molar-refractivity contribution < 1.29 is 37.3 Å². The van der Waals surface area contributed by atoms with Crippen molar-refractivity contribution in [2.45, 2.75) is 39.2 Å². The minimum absolute atomic E-state index is 0.00147. The fourth-order valence-electron chi connectivity index (χ4n) is 2.86. The van der Waals surface area contributed by atoms with E-state index < -0.39 is 48.7 Å². The molecule has 0 amide bonds. The minimum atomic E-state index is -2.51. The predicted molar refractivity (Wildman–Crippen MR) is 115 cm³/mol. The molecule has 0 heterocycles. The summed E-state index contributed by atoms with van der Waals surface area (Å²) in [6, 6.07) is 6.51. The highest BCUT2D eigenvalue weighted by Crippen LogP contribution is 2.37. The second kappa shape index (κ2) is 11.4. The lowest BCUT2D eigenvalue weighted by Crippen LogP contribution is -2.25. The van der Waals surface area contributed by atoms with Gasteiger partial charge in [-0.1, -0.05) is 35.9 Å². The smallest absolute Gasteiger partial charge is 0.340 e. The number of aromatic hydroxyl groups is 1. The molecule has 2 rings (SSSR count). The Kier molecular flexibility index (Phi) is 8.87. The summed E-state index contributed by atoms with van der Waals surface area (Å²) in [4.78, 5) is 11.8. The molecule has 172 valence electrons. The zero-order chi connectivity index (χ0) is 23.8. The molecular formula is C24H24F4O4. The number of benzene rings is 2. The van der Waals surface area contributed by atoms with Crippen LogP contribution < -0.4 is 4.74 Å². The van der Waals surface area contributed by atoms with Gasteiger partial charge in [0.15, 0.2) is 6.17 Å². The molecular weight excluding hydrogens is 428 g/mol. The van der Waals surface area contributed by atoms with E-state index in [1.165, 1.54) is 42.5 Å². The number of ether oxygens (including phenoxy) is 1. The van der Waals surface area contributed by atoms with Gasteiger partial charge >= 0.3 is 5.97 Å². The summed E-state index contributed by atoms with van der Waals surface area (Å²) >= 11 is 0. The fraction of sp³-hybridized carbons (Fsp3) is 0.292. The first-order chi connectivity index (χ1) is 15.1. The number of aromatic carboxylic acids is 1. The lowest BCUT2D eigenvalue weighted by molar-refractivity contribution is -0.0118. The molecule has 0 fully saturated rings. The van der Waals surface area contributed by atoms with Gasteiger partial charge in [-0.25, -0.2) is 13.6 Å². The summed E-state index contributed by atoms with van der Waals surface area (Å²) in [5.41, 5.74) is 0.836. The molecule has 2 aromatic carbocycles. The molecule has 0 saturated heterocycles. The Morgan fingerprint density at radius 1 is 1.16 bits per heavy atom. The second-order valence-electron chi connectivity index (χ2n) is 7.30. The zero-order valence-electron chi connectivity index (χ0n) is 17.6. The maximum atomic E-state index is 14.2. The van der Waals surface area contributed by atoms with Crippen LogP contribution in [-0.2, 0) is 6.42 Å². The molecule has 2 aromatic rings. The molecule has 4 nitrogen and oxygen atoms in total. The molecule has 0 aliphatic heterocycles. The second-order valence-corrected chi connectivity index (χ2v) is 7.30. The molecule has 8 heteroatoms. The number of allylic oxidation sites excluding steroid dienone is 2. The van der Waals surface area contributed by atoms with Gasteiger partial charge < -0.3 is 14.9 Å². The molecule has 32 heavy (non-hydrogen) atoms. The summed E-state index contributed by atoms with van der Waals surface area (Å²) < 4.78 is 58.5. The number of hydrogen-bond acceptors (Lipinski definition) is 3. The maximum Gasteiger partial charge on any atom is 0.340 e. The van der Waals surface area contributed by atoms with Crippen molar-refractivity contribution in [3.63, 3.8) is 0 Å². The highest BCUT2D eigenvalue weighted by atomic mass is 19.2. The standard InChI is InChI=1S/C24H24F4O4/c1-14(2)3-10-18-20(32-23(28)19(27)11-12-25)13-16(21(22(18)29)24(30)31)7-4-15-5-8-17(26)9-6-15/h3-9,13,19,23,29H,10-12H2,1-2H3,(H,30,31). The van der Waals surface area contributed by atoms with Crippen molar-refractivity contribution in [2.24, 2.45) is 0 Å². The van der Waals surface area contributed by atoms with Gasteiger partial charge in [-0.3, -0.25) is 4.39 Å². The Morgan fingerprint density at radius 2 is 1.81 bits per heavy atom. The highest BCUT2D eigenvalue weighted by molar-refractivity contribution is 5.97. The lowest BCUT2D eigenvalue weighted by atomic mass is 9.97. The topological polar surface area (TPSA) is 66.8 Å². The van der Waals surface area contributed by atoms with Gasteiger partial charge in [0.1, 0.15) is 22.9 Å². The number of carbonyl (C=O) groups is 1. The van der Waals surface area contributed by atoms with Crippen LogP contribution in [-0.4, -0.2) is 35.4 Å². The van der Waals surface area contributed by atoms with E-state index in [1.807, 2.05) is 0 Å². The van der Waals surface area contributed by atoms with Gasteiger partial charge in [0.25, 0.3) is 6.36 Å². The van der Waals surface area contributed by atoms with E-state index in [-0.39, 0.29) is 23.3 Å². The Morgan fingerprint density at radius 3 is 2.38 bits per heavy atom. The molecule has 0 aliphatic rings. The average Bonchev–Trinajstić information content (AvgIpc) is 2.72. The number of rotatable bonds is 10. The third-order valence-electron chi connectivity index (χ3n) is 4.56. The molecule has 0 aliphatic carbocycles. The van der Waals surface area contributed by atoms with Crippen molar-refractivity contribution in [1.29, 1.82) is 0 Å². The van der Waals surface area contributed by atoms with Gasteiger partial charge in [0.2, 0.25) is 0 Å². The Bertz CT molecular complexity index is 996. The largest absolute Gasteiger partial charge is 0.507 e. The molecule has 2 atom stereocenters. The van der Waals surface area contributed by atoms with Crippen LogP contribution in [0.2, 0.25) is 0 Å². The van der Waals surface area contributed by atoms with Crippen molar-refractivity contribution in [3.8, 4) is 11.5 Å². The Hall–Kier alpha value is -3.29. The third kappa shape index (κ3) is 6.60. The van der Waals surface area contributed by atoms with Crippen LogP contribution >= 0.6 is 0 Å². The van der Waals surface area contributed by atoms with E-state index in [2.05, 4.69) is 0 Å². The first-order valence-corrected chi connectivity index (χ1v) is 9.84. The van der Waals surface area contributed by atoms with Gasteiger partial charge in [-0.2, -0.15) is 4.39 Å². The zero-order valence-corrected chi connectivity index (χ0v) is 17.6. The summed E-state index contributed by atoms with van der Waals surface area (Å²) in [5, 5.41) is 20.3. The first kappa shape index (κ1) is 25.0. The Labute approximate surface area is 183 Å². The van der Waals surface area contributed by atoms with Crippen LogP contribution in [0, 0.1) is 5.82 Å². The fourth-order valence-corrected chi connectivity index (χ4v) is 2.86. The van der Waals surface area contributed by atoms with Gasteiger partial charge in [0.05, 0.1) is 6.67 Å². The first-order valence-electron chi connectivity index (χ1n) is 9.84. The van der Waals surface area contributed by atoms with Crippen LogP contribution in [0.25, 0.3) is 12.2 Å². The number of hydrogen-bond donors (Lipinski definition) is 2. The quantitative estimate of drug-likeness (QED) is 0.253. The van der Waals surface area contributed by atoms with Crippen LogP contribution in [0.15, 0.2) is 42.0 Å². The Balaban J connectivity index is 2.58. The number of carboxylic acid groups (broad SMARTS) is 1. The molecule has 0 bridgehead atoms. The summed E-state index contributed by atoms with van der Waals surface area (Å²) in [5.74, 6) is -2.81. The summed E-state index contributed by atoms with van der Waals surface area (Å²) in [6.07, 6.45) is -1.01. The lowest BCUT2D eigenvalue weighted by Gasteiger charge is -2.19. The number of phenols is 1. The third-order valence-corrected chi connectivity index (χ3v) is 4.56. The van der Waals surface area contributed by atoms with Crippen LogP contribution in [0.4, 0.5) is 17.6 Å². The van der Waals surface area contributed by atoms with E-state index in [4.69, 9.17) is 4.74 Å². The van der Waals surface area contributed by atoms with Crippen molar-refractivity contribution in [3.05, 3.63) is 70.1 Å². The van der Waals surface area contributed by atoms with Crippen molar-refractivity contribution in [2.75, 3.05) is 6.67 Å². The minimum Gasteiger partial charge on any atom is -0.507 e. The van der Waals surface area contributed by atoms with Crippen molar-refractivity contribution >= 4 is 18.1 Å². The van der Waals surface area contributed by atoms with Crippen LogP contribution in [0.5, 0.6) is 11.5 Å². The molecule has 2 unspecified atom stereocenters. The normalized spacial score (nSPS) is 13.1. The molecule has 2 N–H and O–H groups in total. The van der Waals surface area contributed by atoms with E-state index in [0.717, 1.165) is 5.57 Å². The average molecular weight is 452 g/mol. The van der Waals surface area contributed by atoms with Crippen LogP contribution in [0.1, 0.15) is 47.3 Å². The van der Waals surface area contributed by atoms with E-state index in [1.54, 1.807) is 19.9 Å². The number of carboxylic acids is 1. The molecule has 0 saturated carbocycles. The number of halogens is 4. The molecule has 0 radical (unpaired) electrons. The summed E-state index contributed by atoms with van der Waals surface area (Å²) in [7, 11) is 0. The molecule has 0 spiro atoms. The van der Waals surface area contributed by atoms with E-state index in [0.29, 0.717) is 5.56 Å². The summed E-state index contributed by atoms with van der Waals surface area (Å²) in [6.45, 7) is 2.46. The monoisotopic (exact) mass is 452 g/mol.